The average molecular weight is 387 g/mol. The summed E-state index contributed by atoms with van der Waals surface area (Å²) in [5.74, 6) is 2.11. The van der Waals surface area contributed by atoms with Gasteiger partial charge in [-0.2, -0.15) is 5.26 Å². The van der Waals surface area contributed by atoms with E-state index in [4.69, 9.17) is 14.7 Å². The fourth-order valence-electron chi connectivity index (χ4n) is 2.84. The fraction of sp³-hybridized carbons (Fsp3) is 0.143. The summed E-state index contributed by atoms with van der Waals surface area (Å²) in [4.78, 5) is 21.1. The fourth-order valence-corrected chi connectivity index (χ4v) is 2.84. The molecule has 4 rings (SSSR count). The van der Waals surface area contributed by atoms with Crippen LogP contribution in [0.2, 0.25) is 0 Å². The molecule has 2 N–H and O–H groups in total. The first-order chi connectivity index (χ1) is 14.1. The zero-order valence-electron chi connectivity index (χ0n) is 15.6. The summed E-state index contributed by atoms with van der Waals surface area (Å²) in [7, 11) is 0. The molecule has 0 saturated carbocycles. The number of nitrogens with zero attached hydrogens (tertiary/aromatic N) is 3. The number of amides is 1. The summed E-state index contributed by atoms with van der Waals surface area (Å²) in [6, 6.07) is 16.0. The smallest absolute Gasteiger partial charge is 0.274 e. The Morgan fingerprint density at radius 2 is 1.90 bits per heavy atom. The minimum absolute atomic E-state index is 0.231. The molecule has 1 aliphatic heterocycles. The Balaban J connectivity index is 1.45. The van der Waals surface area contributed by atoms with E-state index >= 15 is 0 Å². The lowest BCUT2D eigenvalue weighted by atomic mass is 10.2. The van der Waals surface area contributed by atoms with Gasteiger partial charge in [0.15, 0.2) is 11.5 Å². The van der Waals surface area contributed by atoms with Gasteiger partial charge in [-0.1, -0.05) is 6.07 Å². The molecule has 0 aliphatic carbocycles. The van der Waals surface area contributed by atoms with E-state index in [0.29, 0.717) is 35.2 Å². The Labute approximate surface area is 167 Å². The summed E-state index contributed by atoms with van der Waals surface area (Å²) >= 11 is 0. The highest BCUT2D eigenvalue weighted by Crippen LogP contribution is 2.32. The monoisotopic (exact) mass is 387 g/mol. The third kappa shape index (κ3) is 4.25. The molecule has 0 atom stereocenters. The molecule has 1 aliphatic rings. The molecular formula is C21H17N5O3. The number of aryl methyl sites for hydroxylation is 1. The van der Waals surface area contributed by atoms with Crippen LogP contribution in [0.1, 0.15) is 27.4 Å². The van der Waals surface area contributed by atoms with Crippen molar-refractivity contribution in [3.8, 4) is 17.6 Å². The van der Waals surface area contributed by atoms with Crippen LogP contribution in [0.3, 0.4) is 0 Å². The van der Waals surface area contributed by atoms with Crippen LogP contribution in [0.5, 0.6) is 11.5 Å². The maximum Gasteiger partial charge on any atom is 0.274 e. The summed E-state index contributed by atoms with van der Waals surface area (Å²) in [6.45, 7) is 2.46. The second-order valence-corrected chi connectivity index (χ2v) is 6.37. The first-order valence-electron chi connectivity index (χ1n) is 8.90. The Kier molecular flexibility index (Phi) is 4.95. The van der Waals surface area contributed by atoms with Gasteiger partial charge < -0.3 is 20.1 Å². The number of anilines is 2. The zero-order valence-corrected chi connectivity index (χ0v) is 15.6. The molecule has 3 aromatic rings. The number of aromatic nitrogens is 2. The Hall–Kier alpha value is -4.12. The van der Waals surface area contributed by atoms with Crippen LogP contribution < -0.4 is 20.1 Å². The van der Waals surface area contributed by atoms with Gasteiger partial charge in [0.05, 0.1) is 11.6 Å². The van der Waals surface area contributed by atoms with Crippen molar-refractivity contribution < 1.29 is 14.3 Å². The third-order valence-corrected chi connectivity index (χ3v) is 4.25. The van der Waals surface area contributed by atoms with Crippen LogP contribution in [0, 0.1) is 18.3 Å². The van der Waals surface area contributed by atoms with E-state index < -0.39 is 0 Å². The number of hydrogen-bond acceptors (Lipinski definition) is 7. The summed E-state index contributed by atoms with van der Waals surface area (Å²) in [5, 5.41) is 14.8. The second-order valence-electron chi connectivity index (χ2n) is 6.37. The number of fused-ring (bicyclic) bond motifs is 1. The number of benzene rings is 2. The minimum atomic E-state index is -0.355. The molecule has 0 bridgehead atoms. The molecular weight excluding hydrogens is 370 g/mol. The lowest BCUT2D eigenvalue weighted by molar-refractivity contribution is 0.102. The molecule has 144 valence electrons. The SMILES string of the molecule is Cc1nc(NCc2ccc3c(c2)OCO3)cc(C(=O)Nc2ccc(C#N)cc2)n1. The van der Waals surface area contributed by atoms with Crippen molar-refractivity contribution >= 4 is 17.4 Å². The Bertz CT molecular complexity index is 1110. The van der Waals surface area contributed by atoms with Crippen molar-refractivity contribution in [3.63, 3.8) is 0 Å². The third-order valence-electron chi connectivity index (χ3n) is 4.25. The second kappa shape index (κ2) is 7.86. The molecule has 2 aromatic carbocycles. The van der Waals surface area contributed by atoms with Crippen LogP contribution >= 0.6 is 0 Å². The van der Waals surface area contributed by atoms with E-state index in [-0.39, 0.29) is 18.4 Å². The molecule has 0 saturated heterocycles. The molecule has 2 heterocycles. The highest BCUT2D eigenvalue weighted by atomic mass is 16.7. The van der Waals surface area contributed by atoms with Crippen molar-refractivity contribution in [2.45, 2.75) is 13.5 Å². The van der Waals surface area contributed by atoms with Gasteiger partial charge in [0.25, 0.3) is 5.91 Å². The maximum absolute atomic E-state index is 12.6. The van der Waals surface area contributed by atoms with Crippen LogP contribution in [-0.2, 0) is 6.54 Å². The first kappa shape index (κ1) is 18.3. The maximum atomic E-state index is 12.6. The average Bonchev–Trinajstić information content (AvgIpc) is 3.20. The number of hydrogen-bond donors (Lipinski definition) is 2. The highest BCUT2D eigenvalue weighted by Gasteiger charge is 2.14. The predicted molar refractivity (Wildman–Crippen MR) is 106 cm³/mol. The number of carbonyl (C=O) groups is 1. The van der Waals surface area contributed by atoms with Crippen molar-refractivity contribution in [1.82, 2.24) is 9.97 Å². The highest BCUT2D eigenvalue weighted by molar-refractivity contribution is 6.03. The normalized spacial score (nSPS) is 11.6. The van der Waals surface area contributed by atoms with Crippen LogP contribution in [-0.4, -0.2) is 22.7 Å². The molecule has 8 nitrogen and oxygen atoms in total. The van der Waals surface area contributed by atoms with Crippen molar-refractivity contribution in [2.24, 2.45) is 0 Å². The molecule has 8 heteroatoms. The number of nitrogens with one attached hydrogen (secondary N) is 2. The van der Waals surface area contributed by atoms with Gasteiger partial charge in [-0.15, -0.1) is 0 Å². The van der Waals surface area contributed by atoms with Gasteiger partial charge in [-0.25, -0.2) is 9.97 Å². The van der Waals surface area contributed by atoms with Crippen molar-refractivity contribution in [2.75, 3.05) is 17.4 Å². The van der Waals surface area contributed by atoms with E-state index in [9.17, 15) is 4.79 Å². The van der Waals surface area contributed by atoms with Gasteiger partial charge in [0.1, 0.15) is 17.3 Å². The molecule has 29 heavy (non-hydrogen) atoms. The van der Waals surface area contributed by atoms with Crippen LogP contribution in [0.25, 0.3) is 0 Å². The predicted octanol–water partition coefficient (Wildman–Crippen LogP) is 3.25. The lowest BCUT2D eigenvalue weighted by Crippen LogP contribution is -2.15. The quantitative estimate of drug-likeness (QED) is 0.691. The first-order valence-corrected chi connectivity index (χ1v) is 8.90. The van der Waals surface area contributed by atoms with Crippen molar-refractivity contribution in [3.05, 3.63) is 71.2 Å². The summed E-state index contributed by atoms with van der Waals surface area (Å²) < 4.78 is 10.7. The van der Waals surface area contributed by atoms with E-state index in [1.807, 2.05) is 24.3 Å². The van der Waals surface area contributed by atoms with Gasteiger partial charge in [0.2, 0.25) is 6.79 Å². The van der Waals surface area contributed by atoms with Crippen LogP contribution in [0.15, 0.2) is 48.5 Å². The number of rotatable bonds is 5. The molecule has 0 radical (unpaired) electrons. The van der Waals surface area contributed by atoms with E-state index in [1.54, 1.807) is 37.3 Å². The van der Waals surface area contributed by atoms with Gasteiger partial charge in [-0.05, 0) is 48.9 Å². The van der Waals surface area contributed by atoms with Crippen LogP contribution in [0.4, 0.5) is 11.5 Å². The van der Waals surface area contributed by atoms with Gasteiger partial charge in [0, 0.05) is 18.3 Å². The standard InChI is InChI=1S/C21H17N5O3/c1-13-24-17(21(27)26-16-5-2-14(10-22)3-6-16)9-20(25-13)23-11-15-4-7-18-19(8-15)29-12-28-18/h2-9H,11-12H2,1H3,(H,26,27)(H,23,24,25). The summed E-state index contributed by atoms with van der Waals surface area (Å²) in [5.41, 5.74) is 2.35. The minimum Gasteiger partial charge on any atom is -0.454 e. The zero-order chi connectivity index (χ0) is 20.2. The Morgan fingerprint density at radius 3 is 2.69 bits per heavy atom. The van der Waals surface area contributed by atoms with Gasteiger partial charge >= 0.3 is 0 Å². The van der Waals surface area contributed by atoms with E-state index in [2.05, 4.69) is 20.6 Å². The lowest BCUT2D eigenvalue weighted by Gasteiger charge is -2.10. The molecule has 1 aromatic heterocycles. The van der Waals surface area contributed by atoms with Crippen molar-refractivity contribution in [1.29, 1.82) is 5.26 Å². The topological polar surface area (TPSA) is 109 Å². The molecule has 0 spiro atoms. The largest absolute Gasteiger partial charge is 0.454 e. The molecule has 0 unspecified atom stereocenters. The van der Waals surface area contributed by atoms with E-state index in [0.717, 1.165) is 11.3 Å². The van der Waals surface area contributed by atoms with E-state index in [1.165, 1.54) is 0 Å². The van der Waals surface area contributed by atoms with Gasteiger partial charge in [-0.3, -0.25) is 4.79 Å². The number of ether oxygens (including phenoxy) is 2. The number of nitriles is 1. The summed E-state index contributed by atoms with van der Waals surface area (Å²) in [6.07, 6.45) is 0. The molecule has 1 amide bonds. The number of carbonyl (C=O) groups excluding carboxylic acids is 1. The molecule has 0 fully saturated rings. The Morgan fingerprint density at radius 1 is 1.10 bits per heavy atom.